The Morgan fingerprint density at radius 1 is 1.50 bits per heavy atom. The van der Waals surface area contributed by atoms with E-state index in [1.54, 1.807) is 6.92 Å². The molecule has 0 aromatic heterocycles. The van der Waals surface area contributed by atoms with Crippen LogP contribution in [0.4, 0.5) is 0 Å². The van der Waals surface area contributed by atoms with E-state index in [2.05, 4.69) is 0 Å². The maximum absolute atomic E-state index is 10.8. The second-order valence-corrected chi connectivity index (χ2v) is 2.20. The molecule has 2 N–H and O–H groups in total. The Morgan fingerprint density at radius 2 is 2.10 bits per heavy atom. The molecule has 2 unspecified atom stereocenters. The average Bonchev–Trinajstić information content (AvgIpc) is 2.64. The van der Waals surface area contributed by atoms with Gasteiger partial charge in [0.1, 0.15) is 0 Å². The molecule has 0 bridgehead atoms. The first kappa shape index (κ1) is 7.21. The number of epoxide rings is 1. The van der Waals surface area contributed by atoms with Gasteiger partial charge in [0, 0.05) is 6.42 Å². The second kappa shape index (κ2) is 2.38. The highest BCUT2D eigenvalue weighted by Gasteiger charge is 2.47. The first-order chi connectivity index (χ1) is 4.66. The van der Waals surface area contributed by atoms with Gasteiger partial charge >= 0.3 is 0 Å². The number of rotatable bonds is 3. The van der Waals surface area contributed by atoms with Crippen LogP contribution in [0, 0.1) is 0 Å². The number of carbonyl (C=O) groups excluding carboxylic acids is 2. The summed E-state index contributed by atoms with van der Waals surface area (Å²) in [6.45, 7) is 1.72. The van der Waals surface area contributed by atoms with Crippen LogP contribution in [0.25, 0.3) is 0 Å². The Balaban J connectivity index is 2.38. The standard InChI is InChI=1S/C6H9NO3/c1-2-3(8)4-5(10-4)6(7)9/h4-5H,2H2,1H3,(H2,7,9). The number of primary amides is 1. The minimum atomic E-state index is -0.646. The number of ether oxygens (including phenoxy) is 1. The predicted octanol–water partition coefficient (Wildman–Crippen LogP) is -0.782. The van der Waals surface area contributed by atoms with Crippen molar-refractivity contribution in [3.63, 3.8) is 0 Å². The monoisotopic (exact) mass is 143 g/mol. The van der Waals surface area contributed by atoms with E-state index in [1.165, 1.54) is 0 Å². The first-order valence-corrected chi connectivity index (χ1v) is 3.14. The number of nitrogens with two attached hydrogens (primary N) is 1. The molecule has 1 heterocycles. The molecule has 4 nitrogen and oxygen atoms in total. The largest absolute Gasteiger partial charge is 0.367 e. The molecule has 0 spiro atoms. The van der Waals surface area contributed by atoms with Crippen LogP contribution in [0.1, 0.15) is 13.3 Å². The highest BCUT2D eigenvalue weighted by atomic mass is 16.6. The quantitative estimate of drug-likeness (QED) is 0.526. The van der Waals surface area contributed by atoms with Gasteiger partial charge in [-0.1, -0.05) is 6.92 Å². The van der Waals surface area contributed by atoms with Crippen LogP contribution in [0.15, 0.2) is 0 Å². The minimum absolute atomic E-state index is 0.0520. The molecule has 10 heavy (non-hydrogen) atoms. The van der Waals surface area contributed by atoms with Gasteiger partial charge in [-0.05, 0) is 0 Å². The van der Waals surface area contributed by atoms with Gasteiger partial charge in [0.2, 0.25) is 5.91 Å². The summed E-state index contributed by atoms with van der Waals surface area (Å²) < 4.78 is 4.71. The summed E-state index contributed by atoms with van der Waals surface area (Å²) in [6.07, 6.45) is -0.788. The van der Waals surface area contributed by atoms with Crippen molar-refractivity contribution in [3.8, 4) is 0 Å². The summed E-state index contributed by atoms with van der Waals surface area (Å²) >= 11 is 0. The maximum atomic E-state index is 10.8. The number of Topliss-reactive ketones (excluding diaryl/α,β-unsaturated/α-hetero) is 1. The van der Waals surface area contributed by atoms with E-state index < -0.39 is 18.1 Å². The highest BCUT2D eigenvalue weighted by Crippen LogP contribution is 2.23. The van der Waals surface area contributed by atoms with Crippen molar-refractivity contribution in [2.24, 2.45) is 5.73 Å². The molecule has 4 heteroatoms. The summed E-state index contributed by atoms with van der Waals surface area (Å²) in [7, 11) is 0. The smallest absolute Gasteiger partial charge is 0.249 e. The molecular weight excluding hydrogens is 134 g/mol. The van der Waals surface area contributed by atoms with Gasteiger partial charge in [-0.2, -0.15) is 0 Å². The summed E-state index contributed by atoms with van der Waals surface area (Å²) in [5.74, 6) is -0.601. The van der Waals surface area contributed by atoms with Crippen molar-refractivity contribution < 1.29 is 14.3 Å². The molecule has 1 aliphatic heterocycles. The second-order valence-electron chi connectivity index (χ2n) is 2.20. The van der Waals surface area contributed by atoms with Crippen molar-refractivity contribution in [2.75, 3.05) is 0 Å². The molecule has 0 saturated carbocycles. The van der Waals surface area contributed by atoms with Gasteiger partial charge in [-0.15, -0.1) is 0 Å². The van der Waals surface area contributed by atoms with Gasteiger partial charge in [0.05, 0.1) is 0 Å². The molecule has 1 saturated heterocycles. The zero-order valence-electron chi connectivity index (χ0n) is 5.66. The fourth-order valence-electron chi connectivity index (χ4n) is 0.775. The number of hydrogen-bond acceptors (Lipinski definition) is 3. The molecule has 0 aliphatic carbocycles. The van der Waals surface area contributed by atoms with Crippen LogP contribution in [-0.2, 0) is 14.3 Å². The summed E-state index contributed by atoms with van der Waals surface area (Å²) in [5, 5.41) is 0. The molecule has 1 fully saturated rings. The molecule has 0 aromatic carbocycles. The van der Waals surface area contributed by atoms with Crippen LogP contribution in [0.3, 0.4) is 0 Å². The van der Waals surface area contributed by atoms with Gasteiger partial charge in [-0.3, -0.25) is 9.59 Å². The van der Waals surface area contributed by atoms with Crippen molar-refractivity contribution in [2.45, 2.75) is 25.6 Å². The van der Waals surface area contributed by atoms with Crippen molar-refractivity contribution in [3.05, 3.63) is 0 Å². The number of hydrogen-bond donors (Lipinski definition) is 1. The molecule has 1 amide bonds. The third-order valence-corrected chi connectivity index (χ3v) is 1.44. The lowest BCUT2D eigenvalue weighted by molar-refractivity contribution is -0.121. The summed E-state index contributed by atoms with van der Waals surface area (Å²) in [6, 6.07) is 0. The molecular formula is C6H9NO3. The first-order valence-electron chi connectivity index (χ1n) is 3.14. The summed E-state index contributed by atoms with van der Waals surface area (Å²) in [5.41, 5.74) is 4.86. The van der Waals surface area contributed by atoms with E-state index in [9.17, 15) is 9.59 Å². The normalized spacial score (nSPS) is 29.7. The highest BCUT2D eigenvalue weighted by molar-refractivity contribution is 5.95. The Labute approximate surface area is 58.3 Å². The Hall–Kier alpha value is -0.900. The van der Waals surface area contributed by atoms with E-state index in [4.69, 9.17) is 10.5 Å². The molecule has 1 aliphatic rings. The zero-order valence-corrected chi connectivity index (χ0v) is 5.66. The molecule has 2 atom stereocenters. The third-order valence-electron chi connectivity index (χ3n) is 1.44. The topological polar surface area (TPSA) is 72.7 Å². The van der Waals surface area contributed by atoms with Gasteiger partial charge in [0.25, 0.3) is 0 Å². The Kier molecular flexibility index (Phi) is 1.72. The van der Waals surface area contributed by atoms with Crippen LogP contribution in [0.2, 0.25) is 0 Å². The fourth-order valence-corrected chi connectivity index (χ4v) is 0.775. The van der Waals surface area contributed by atoms with E-state index >= 15 is 0 Å². The van der Waals surface area contributed by atoms with E-state index in [0.29, 0.717) is 6.42 Å². The van der Waals surface area contributed by atoms with Crippen LogP contribution < -0.4 is 5.73 Å². The Bertz CT molecular complexity index is 178. The lowest BCUT2D eigenvalue weighted by atomic mass is 10.2. The molecule has 0 radical (unpaired) electrons. The van der Waals surface area contributed by atoms with Crippen molar-refractivity contribution >= 4 is 11.7 Å². The molecule has 0 aromatic rings. The third kappa shape index (κ3) is 1.16. The van der Waals surface area contributed by atoms with Gasteiger partial charge < -0.3 is 10.5 Å². The van der Waals surface area contributed by atoms with E-state index in [1.807, 2.05) is 0 Å². The molecule has 1 rings (SSSR count). The SMILES string of the molecule is CCC(=O)C1OC1C(N)=O. The Morgan fingerprint density at radius 3 is 2.40 bits per heavy atom. The lowest BCUT2D eigenvalue weighted by Crippen LogP contribution is -2.22. The maximum Gasteiger partial charge on any atom is 0.249 e. The number of amides is 1. The van der Waals surface area contributed by atoms with Crippen LogP contribution in [0.5, 0.6) is 0 Å². The number of ketones is 1. The summed E-state index contributed by atoms with van der Waals surface area (Å²) in [4.78, 5) is 21.1. The van der Waals surface area contributed by atoms with Crippen LogP contribution >= 0.6 is 0 Å². The average molecular weight is 143 g/mol. The predicted molar refractivity (Wildman–Crippen MR) is 33.2 cm³/mol. The fraction of sp³-hybridized carbons (Fsp3) is 0.667. The van der Waals surface area contributed by atoms with Crippen molar-refractivity contribution in [1.29, 1.82) is 0 Å². The zero-order chi connectivity index (χ0) is 7.72. The van der Waals surface area contributed by atoms with Crippen molar-refractivity contribution in [1.82, 2.24) is 0 Å². The van der Waals surface area contributed by atoms with Gasteiger partial charge in [-0.25, -0.2) is 0 Å². The van der Waals surface area contributed by atoms with Gasteiger partial charge in [0.15, 0.2) is 18.0 Å². The lowest BCUT2D eigenvalue weighted by Gasteiger charge is -1.85. The number of carbonyl (C=O) groups is 2. The minimum Gasteiger partial charge on any atom is -0.367 e. The van der Waals surface area contributed by atoms with E-state index in [0.717, 1.165) is 0 Å². The molecule has 56 valence electrons. The van der Waals surface area contributed by atoms with Crippen LogP contribution in [-0.4, -0.2) is 23.9 Å². The van der Waals surface area contributed by atoms with E-state index in [-0.39, 0.29) is 5.78 Å².